The van der Waals surface area contributed by atoms with Crippen LogP contribution in [0.2, 0.25) is 0 Å². The molecular weight excluding hydrogens is 904 g/mol. The van der Waals surface area contributed by atoms with Gasteiger partial charge in [-0.3, -0.25) is 28.8 Å². The van der Waals surface area contributed by atoms with E-state index < -0.39 is 149 Å². The molecule has 4 amide bonds. The van der Waals surface area contributed by atoms with Gasteiger partial charge in [-0.2, -0.15) is 0 Å². The van der Waals surface area contributed by atoms with Crippen LogP contribution in [0.5, 0.6) is 0 Å². The first kappa shape index (κ1) is 56.9. The Hall–Kier alpha value is -3.66. The first-order valence-corrected chi connectivity index (χ1v) is 23.7. The average molecular weight is 979 g/mol. The summed E-state index contributed by atoms with van der Waals surface area (Å²) in [6.45, 7) is -3.68. The molecule has 2 saturated heterocycles. The average Bonchev–Trinajstić information content (AvgIpc) is 3.36. The molecule has 24 heteroatoms. The zero-order valence-electron chi connectivity index (χ0n) is 39.0. The van der Waals surface area contributed by atoms with Crippen LogP contribution >= 0.6 is 0 Å². The molecule has 24 nitrogen and oxygen atoms in total. The Bertz CT molecular complexity index is 1480. The number of hydrogen-bond acceptors (Lipinski definition) is 20. The zero-order chi connectivity index (χ0) is 49.9. The molecule has 2 aliphatic carbocycles. The van der Waals surface area contributed by atoms with Crippen molar-refractivity contribution in [2.45, 2.75) is 163 Å². The van der Waals surface area contributed by atoms with Crippen molar-refractivity contribution in [2.75, 3.05) is 66.8 Å². The summed E-state index contributed by atoms with van der Waals surface area (Å²) in [5.41, 5.74) is 0. The number of carbonyl (C=O) groups excluding carboxylic acids is 6. The van der Waals surface area contributed by atoms with Crippen LogP contribution in [0.1, 0.15) is 89.9 Å². The lowest BCUT2D eigenvalue weighted by atomic mass is 9.87. The van der Waals surface area contributed by atoms with Crippen molar-refractivity contribution in [3.05, 3.63) is 0 Å². The number of rotatable bonds is 25. The highest BCUT2D eigenvalue weighted by molar-refractivity contribution is 5.91. The van der Waals surface area contributed by atoms with E-state index in [0.29, 0.717) is 51.4 Å². The standard InChI is InChI=1S/C44H74N4O20/c1-63-31(51)19-45-39(59)27(23-65-43-37(57)35(55)33(53)29(21-49)67-43)47(41(61)25-13-7-5-8-14-25)17-11-3-4-12-18-48(42(62)26-15-9-6-10-16-26)28(40(60)46-20-32(52)64-2)24-66-44-38(58)36(56)34(54)30(22-50)68-44/h25-30,33-38,43-44,49-50,53-58H,3-24H2,1-2H3,(H,45,59)(H,46,60)/t27?,28?,29-,30-,33-,34-,35+,36+,37+,38+,43+,44+/m1/s1. The van der Waals surface area contributed by atoms with Crippen LogP contribution in [0.3, 0.4) is 0 Å². The number of ether oxygens (including phenoxy) is 6. The van der Waals surface area contributed by atoms with Crippen molar-refractivity contribution in [3.8, 4) is 0 Å². The first-order valence-electron chi connectivity index (χ1n) is 23.7. The summed E-state index contributed by atoms with van der Waals surface area (Å²) < 4.78 is 31.9. The highest BCUT2D eigenvalue weighted by Crippen LogP contribution is 2.30. The number of nitrogens with zero attached hydrogens (tertiary/aromatic N) is 2. The van der Waals surface area contributed by atoms with Crippen LogP contribution in [-0.2, 0) is 57.2 Å². The molecule has 0 aromatic carbocycles. The number of esters is 2. The third-order valence-electron chi connectivity index (χ3n) is 13.2. The van der Waals surface area contributed by atoms with E-state index in [2.05, 4.69) is 20.1 Å². The quantitative estimate of drug-likeness (QED) is 0.0311. The molecule has 12 atom stereocenters. The zero-order valence-corrected chi connectivity index (χ0v) is 39.0. The van der Waals surface area contributed by atoms with Gasteiger partial charge in [-0.25, -0.2) is 0 Å². The fourth-order valence-electron chi connectivity index (χ4n) is 9.02. The van der Waals surface area contributed by atoms with E-state index in [9.17, 15) is 69.6 Å². The Labute approximate surface area is 395 Å². The van der Waals surface area contributed by atoms with E-state index in [0.717, 1.165) is 52.7 Å². The van der Waals surface area contributed by atoms with Gasteiger partial charge in [0, 0.05) is 24.9 Å². The molecule has 4 aliphatic rings. The Kier molecular flexibility index (Phi) is 24.2. The first-order chi connectivity index (χ1) is 32.6. The van der Waals surface area contributed by atoms with E-state index in [1.807, 2.05) is 0 Å². The topological polar surface area (TPSA) is 350 Å². The van der Waals surface area contributed by atoms with E-state index in [1.54, 1.807) is 0 Å². The molecule has 0 aromatic heterocycles. The third kappa shape index (κ3) is 15.9. The van der Waals surface area contributed by atoms with Gasteiger partial charge in [-0.05, 0) is 38.5 Å². The van der Waals surface area contributed by atoms with Crippen LogP contribution in [0.4, 0.5) is 0 Å². The predicted molar refractivity (Wildman–Crippen MR) is 232 cm³/mol. The number of hydrogen-bond donors (Lipinski definition) is 10. The fraction of sp³-hybridized carbons (Fsp3) is 0.864. The summed E-state index contributed by atoms with van der Waals surface area (Å²) in [4.78, 5) is 83.2. The van der Waals surface area contributed by atoms with Gasteiger partial charge in [0.1, 0.15) is 74.0 Å². The molecule has 10 N–H and O–H groups in total. The Balaban J connectivity index is 1.53. The van der Waals surface area contributed by atoms with Crippen molar-refractivity contribution >= 4 is 35.6 Å². The van der Waals surface area contributed by atoms with E-state index in [4.69, 9.17) is 18.9 Å². The van der Waals surface area contributed by atoms with E-state index >= 15 is 0 Å². The normalized spacial score (nSPS) is 29.0. The van der Waals surface area contributed by atoms with Crippen molar-refractivity contribution in [1.82, 2.24) is 20.4 Å². The number of nitrogens with one attached hydrogen (secondary N) is 2. The van der Waals surface area contributed by atoms with Gasteiger partial charge in [0.05, 0.1) is 40.6 Å². The molecule has 2 heterocycles. The van der Waals surface area contributed by atoms with Crippen LogP contribution in [-0.4, -0.2) is 227 Å². The lowest BCUT2D eigenvalue weighted by Crippen LogP contribution is -2.60. The Morgan fingerprint density at radius 1 is 0.529 bits per heavy atom. The number of unbranched alkanes of at least 4 members (excludes halogenated alkanes) is 3. The number of carbonyl (C=O) groups is 6. The Morgan fingerprint density at radius 2 is 0.882 bits per heavy atom. The molecule has 0 spiro atoms. The molecule has 0 aromatic rings. The van der Waals surface area contributed by atoms with Gasteiger partial charge in [0.25, 0.3) is 0 Å². The fourth-order valence-corrected chi connectivity index (χ4v) is 9.02. The SMILES string of the molecule is COC(=O)CNC(=O)C(CO[C@H]1O[C@H](CO)[C@@H](O)[C@H](O)[C@@H]1O)N(CCCCCCN(C(=O)C1CCCCC1)C(CO[C@H]1O[C@H](CO)[C@@H](O)[C@H](O)[C@@H]1O)C(=O)NCC(=O)OC)C(=O)C1CCCCC1. The maximum atomic E-state index is 14.3. The molecule has 4 rings (SSSR count). The summed E-state index contributed by atoms with van der Waals surface area (Å²) in [6.07, 6.45) is -7.54. The smallest absolute Gasteiger partial charge is 0.325 e. The molecule has 390 valence electrons. The lowest BCUT2D eigenvalue weighted by molar-refractivity contribution is -0.302. The van der Waals surface area contributed by atoms with Crippen LogP contribution < -0.4 is 10.6 Å². The molecule has 2 saturated carbocycles. The van der Waals surface area contributed by atoms with Crippen LogP contribution in [0.15, 0.2) is 0 Å². The minimum Gasteiger partial charge on any atom is -0.468 e. The summed E-state index contributed by atoms with van der Waals surface area (Å²) in [6, 6.07) is -2.78. The van der Waals surface area contributed by atoms with Gasteiger partial charge in [0.2, 0.25) is 23.6 Å². The van der Waals surface area contributed by atoms with Crippen LogP contribution in [0, 0.1) is 11.8 Å². The maximum Gasteiger partial charge on any atom is 0.325 e. The van der Waals surface area contributed by atoms with Crippen molar-refractivity contribution in [1.29, 1.82) is 0 Å². The second-order valence-electron chi connectivity index (χ2n) is 17.8. The minimum absolute atomic E-state index is 0.0138. The van der Waals surface area contributed by atoms with Gasteiger partial charge < -0.3 is 89.7 Å². The maximum absolute atomic E-state index is 14.3. The van der Waals surface area contributed by atoms with Crippen molar-refractivity contribution < 1.29 is 98.0 Å². The van der Waals surface area contributed by atoms with E-state index in [-0.39, 0.29) is 24.9 Å². The largest absolute Gasteiger partial charge is 0.468 e. The van der Waals surface area contributed by atoms with Crippen molar-refractivity contribution in [3.63, 3.8) is 0 Å². The number of methoxy groups -OCH3 is 2. The minimum atomic E-state index is -1.79. The van der Waals surface area contributed by atoms with E-state index in [1.165, 1.54) is 9.80 Å². The van der Waals surface area contributed by atoms with Crippen molar-refractivity contribution in [2.24, 2.45) is 11.8 Å². The summed E-state index contributed by atoms with van der Waals surface area (Å²) in [5, 5.41) is 87.0. The highest BCUT2D eigenvalue weighted by Gasteiger charge is 2.47. The molecule has 4 fully saturated rings. The summed E-state index contributed by atoms with van der Waals surface area (Å²) in [7, 11) is 2.27. The Morgan fingerprint density at radius 3 is 1.21 bits per heavy atom. The molecule has 2 aliphatic heterocycles. The second kappa shape index (κ2) is 28.9. The molecule has 2 unspecified atom stereocenters. The lowest BCUT2D eigenvalue weighted by Gasteiger charge is -2.41. The highest BCUT2D eigenvalue weighted by atomic mass is 16.7. The van der Waals surface area contributed by atoms with Gasteiger partial charge in [-0.1, -0.05) is 51.4 Å². The molecular formula is C44H74N4O20. The van der Waals surface area contributed by atoms with Crippen LogP contribution in [0.25, 0.3) is 0 Å². The van der Waals surface area contributed by atoms with Gasteiger partial charge in [0.15, 0.2) is 12.6 Å². The second-order valence-corrected chi connectivity index (χ2v) is 17.8. The van der Waals surface area contributed by atoms with Gasteiger partial charge >= 0.3 is 11.9 Å². The summed E-state index contributed by atoms with van der Waals surface area (Å²) >= 11 is 0. The monoisotopic (exact) mass is 978 g/mol. The molecule has 68 heavy (non-hydrogen) atoms. The number of aliphatic hydroxyl groups is 8. The third-order valence-corrected chi connectivity index (χ3v) is 13.2. The summed E-state index contributed by atoms with van der Waals surface area (Å²) in [5.74, 6) is -4.66. The van der Waals surface area contributed by atoms with Gasteiger partial charge in [-0.15, -0.1) is 0 Å². The predicted octanol–water partition coefficient (Wildman–Crippen LogP) is -3.69. The molecule has 0 radical (unpaired) electrons. The molecule has 0 bridgehead atoms. The number of amides is 4. The number of aliphatic hydroxyl groups excluding tert-OH is 8.